The maximum Gasteiger partial charge on any atom is 0.133 e. The van der Waals surface area contributed by atoms with Crippen molar-refractivity contribution in [1.29, 1.82) is 0 Å². The van der Waals surface area contributed by atoms with Crippen molar-refractivity contribution >= 4 is 11.3 Å². The van der Waals surface area contributed by atoms with Gasteiger partial charge in [0.25, 0.3) is 0 Å². The van der Waals surface area contributed by atoms with Crippen LogP contribution in [0.5, 0.6) is 5.75 Å². The lowest BCUT2D eigenvalue weighted by Gasteiger charge is -2.46. The summed E-state index contributed by atoms with van der Waals surface area (Å²) in [5, 5.41) is 2.15. The standard InChI is InChI=1S/C29H38N2OS/c1-4-5-15-27(28-16-10-21-33-28)32-26-14-9-11-24(22-26)23-31-19-17-29(18-20-31,30(2)3)25-12-7-6-8-13-25/h6-14,16,21-22,27H,4-5,15,17-20,23H2,1-3H3/t27-/m0/s1. The van der Waals surface area contributed by atoms with Crippen molar-refractivity contribution in [2.45, 2.75) is 57.2 Å². The smallest absolute Gasteiger partial charge is 0.133 e. The molecular formula is C29H38N2OS. The van der Waals surface area contributed by atoms with Crippen LogP contribution in [0, 0.1) is 0 Å². The molecule has 0 aliphatic carbocycles. The lowest BCUT2D eigenvalue weighted by Crippen LogP contribution is -2.50. The molecule has 176 valence electrons. The number of unbranched alkanes of at least 4 members (excludes halogenated alkanes) is 1. The summed E-state index contributed by atoms with van der Waals surface area (Å²) in [6.07, 6.45) is 5.90. The third-order valence-corrected chi connectivity index (χ3v) is 8.08. The summed E-state index contributed by atoms with van der Waals surface area (Å²) in [5.41, 5.74) is 2.91. The zero-order valence-corrected chi connectivity index (χ0v) is 21.2. The molecule has 4 heteroatoms. The van der Waals surface area contributed by atoms with Gasteiger partial charge in [-0.05, 0) is 74.5 Å². The number of nitrogens with zero attached hydrogens (tertiary/aromatic N) is 2. The van der Waals surface area contributed by atoms with Crippen LogP contribution < -0.4 is 4.74 Å². The Morgan fingerprint density at radius 1 is 1.00 bits per heavy atom. The maximum atomic E-state index is 6.50. The average Bonchev–Trinajstić information content (AvgIpc) is 3.38. The first-order chi connectivity index (χ1) is 16.1. The molecule has 4 rings (SSSR count). The fraction of sp³-hybridized carbons (Fsp3) is 0.448. The van der Waals surface area contributed by atoms with Gasteiger partial charge in [-0.1, -0.05) is 61.9 Å². The van der Waals surface area contributed by atoms with E-state index in [-0.39, 0.29) is 11.6 Å². The van der Waals surface area contributed by atoms with Gasteiger partial charge in [0, 0.05) is 30.1 Å². The number of hydrogen-bond donors (Lipinski definition) is 0. The number of ether oxygens (including phenoxy) is 1. The molecule has 0 unspecified atom stereocenters. The molecule has 3 nitrogen and oxygen atoms in total. The van der Waals surface area contributed by atoms with Crippen molar-refractivity contribution in [3.8, 4) is 5.75 Å². The molecule has 33 heavy (non-hydrogen) atoms. The summed E-state index contributed by atoms with van der Waals surface area (Å²) in [4.78, 5) is 6.35. The number of likely N-dealkylation sites (tertiary alicyclic amines) is 1. The highest BCUT2D eigenvalue weighted by Crippen LogP contribution is 2.38. The summed E-state index contributed by atoms with van der Waals surface area (Å²) in [7, 11) is 4.46. The Morgan fingerprint density at radius 2 is 1.79 bits per heavy atom. The Labute approximate surface area is 204 Å². The zero-order valence-electron chi connectivity index (χ0n) is 20.4. The zero-order chi connectivity index (χ0) is 23.1. The van der Waals surface area contributed by atoms with Crippen LogP contribution in [-0.4, -0.2) is 37.0 Å². The van der Waals surface area contributed by atoms with E-state index in [1.54, 1.807) is 11.3 Å². The van der Waals surface area contributed by atoms with Gasteiger partial charge in [0.1, 0.15) is 11.9 Å². The average molecular weight is 463 g/mol. The highest BCUT2D eigenvalue weighted by molar-refractivity contribution is 7.10. The van der Waals surface area contributed by atoms with Gasteiger partial charge in [0.05, 0.1) is 0 Å². The molecule has 1 aliphatic rings. The number of hydrogen-bond acceptors (Lipinski definition) is 4. The summed E-state index contributed by atoms with van der Waals surface area (Å²) in [5.74, 6) is 0.992. The van der Waals surface area contributed by atoms with Gasteiger partial charge in [-0.15, -0.1) is 11.3 Å². The molecule has 1 aliphatic heterocycles. The van der Waals surface area contributed by atoms with E-state index < -0.39 is 0 Å². The highest BCUT2D eigenvalue weighted by Gasteiger charge is 2.37. The van der Waals surface area contributed by atoms with Crippen LogP contribution in [0.15, 0.2) is 72.1 Å². The van der Waals surface area contributed by atoms with Crippen LogP contribution in [0.2, 0.25) is 0 Å². The van der Waals surface area contributed by atoms with E-state index in [9.17, 15) is 0 Å². The fourth-order valence-corrected chi connectivity index (χ4v) is 5.88. The van der Waals surface area contributed by atoms with Crippen molar-refractivity contribution in [3.05, 3.63) is 88.1 Å². The van der Waals surface area contributed by atoms with E-state index in [0.29, 0.717) is 0 Å². The Kier molecular flexibility index (Phi) is 8.24. The Hall–Kier alpha value is -2.14. The predicted octanol–water partition coefficient (Wildman–Crippen LogP) is 7.11. The van der Waals surface area contributed by atoms with E-state index in [2.05, 4.69) is 103 Å². The van der Waals surface area contributed by atoms with Gasteiger partial charge in [-0.3, -0.25) is 9.80 Å². The molecule has 0 saturated carbocycles. The summed E-state index contributed by atoms with van der Waals surface area (Å²) >= 11 is 1.80. The SMILES string of the molecule is CCCC[C@H](Oc1cccc(CN2CCC(c3ccccc3)(N(C)C)CC2)c1)c1cccs1. The second kappa shape index (κ2) is 11.3. The third-order valence-electron chi connectivity index (χ3n) is 7.11. The van der Waals surface area contributed by atoms with Crippen LogP contribution >= 0.6 is 11.3 Å². The predicted molar refractivity (Wildman–Crippen MR) is 140 cm³/mol. The molecule has 0 radical (unpaired) electrons. The summed E-state index contributed by atoms with van der Waals surface area (Å²) in [6, 6.07) is 24.1. The van der Waals surface area contributed by atoms with Crippen LogP contribution in [-0.2, 0) is 12.1 Å². The Morgan fingerprint density at radius 3 is 2.45 bits per heavy atom. The first kappa shape index (κ1) is 24.0. The quantitative estimate of drug-likeness (QED) is 0.319. The Bertz CT molecular complexity index is 962. The molecule has 1 fully saturated rings. The molecule has 0 amide bonds. The van der Waals surface area contributed by atoms with Gasteiger partial charge in [-0.25, -0.2) is 0 Å². The minimum atomic E-state index is 0.135. The van der Waals surface area contributed by atoms with E-state index in [4.69, 9.17) is 4.74 Å². The van der Waals surface area contributed by atoms with E-state index in [0.717, 1.165) is 44.6 Å². The topological polar surface area (TPSA) is 15.7 Å². The van der Waals surface area contributed by atoms with E-state index >= 15 is 0 Å². The highest BCUT2D eigenvalue weighted by atomic mass is 32.1. The first-order valence-electron chi connectivity index (χ1n) is 12.3. The molecule has 0 bridgehead atoms. The fourth-order valence-electron chi connectivity index (χ4n) is 5.09. The van der Waals surface area contributed by atoms with Crippen LogP contribution in [0.4, 0.5) is 0 Å². The number of benzene rings is 2. The van der Waals surface area contributed by atoms with Crippen molar-refractivity contribution in [3.63, 3.8) is 0 Å². The monoisotopic (exact) mass is 462 g/mol. The van der Waals surface area contributed by atoms with Crippen molar-refractivity contribution in [2.24, 2.45) is 0 Å². The van der Waals surface area contributed by atoms with Gasteiger partial charge in [0.2, 0.25) is 0 Å². The second-order valence-electron chi connectivity index (χ2n) is 9.48. The normalized spacial score (nSPS) is 17.2. The van der Waals surface area contributed by atoms with Crippen LogP contribution in [0.25, 0.3) is 0 Å². The van der Waals surface area contributed by atoms with E-state index in [1.165, 1.54) is 28.8 Å². The molecule has 0 spiro atoms. The van der Waals surface area contributed by atoms with Crippen LogP contribution in [0.1, 0.15) is 61.1 Å². The maximum absolute atomic E-state index is 6.50. The molecule has 3 aromatic rings. The summed E-state index contributed by atoms with van der Waals surface area (Å²) < 4.78 is 6.50. The van der Waals surface area contributed by atoms with Crippen molar-refractivity contribution < 1.29 is 4.74 Å². The number of rotatable bonds is 10. The molecule has 1 saturated heterocycles. The summed E-state index contributed by atoms with van der Waals surface area (Å²) in [6.45, 7) is 5.43. The molecular weight excluding hydrogens is 424 g/mol. The molecule has 1 aromatic heterocycles. The largest absolute Gasteiger partial charge is 0.485 e. The van der Waals surface area contributed by atoms with Crippen molar-refractivity contribution in [2.75, 3.05) is 27.2 Å². The number of piperidine rings is 1. The molecule has 1 atom stereocenters. The van der Waals surface area contributed by atoms with Gasteiger partial charge in [-0.2, -0.15) is 0 Å². The second-order valence-corrected chi connectivity index (χ2v) is 10.5. The van der Waals surface area contributed by atoms with Gasteiger partial charge in [0.15, 0.2) is 0 Å². The Balaban J connectivity index is 1.40. The van der Waals surface area contributed by atoms with Gasteiger partial charge < -0.3 is 4.74 Å². The molecule has 2 heterocycles. The molecule has 2 aromatic carbocycles. The minimum Gasteiger partial charge on any atom is -0.485 e. The number of thiophene rings is 1. The first-order valence-corrected chi connectivity index (χ1v) is 13.2. The lowest BCUT2D eigenvalue weighted by molar-refractivity contribution is 0.0507. The minimum absolute atomic E-state index is 0.135. The lowest BCUT2D eigenvalue weighted by atomic mass is 9.79. The molecule has 0 N–H and O–H groups in total. The van der Waals surface area contributed by atoms with Gasteiger partial charge >= 0.3 is 0 Å². The third kappa shape index (κ3) is 5.87. The van der Waals surface area contributed by atoms with Crippen molar-refractivity contribution in [1.82, 2.24) is 9.80 Å². The van der Waals surface area contributed by atoms with E-state index in [1.807, 2.05) is 0 Å². The van der Waals surface area contributed by atoms with Crippen LogP contribution in [0.3, 0.4) is 0 Å².